The number of amides is 1. The van der Waals surface area contributed by atoms with E-state index in [4.69, 9.17) is 23.6 Å². The molecule has 4 heterocycles. The Morgan fingerprint density at radius 1 is 1.02 bits per heavy atom. The summed E-state index contributed by atoms with van der Waals surface area (Å²) >= 11 is 0. The predicted molar refractivity (Wildman–Crippen MR) is 145 cm³/mol. The van der Waals surface area contributed by atoms with Crippen LogP contribution in [0.25, 0.3) is 16.7 Å². The number of esters is 1. The average molecular weight is 543 g/mol. The van der Waals surface area contributed by atoms with Crippen molar-refractivity contribution in [2.24, 2.45) is 4.99 Å². The van der Waals surface area contributed by atoms with E-state index in [0.717, 1.165) is 5.56 Å². The van der Waals surface area contributed by atoms with Crippen LogP contribution in [0.4, 0.5) is 0 Å². The molecule has 204 valence electrons. The fourth-order valence-electron chi connectivity index (χ4n) is 4.40. The van der Waals surface area contributed by atoms with E-state index in [1.807, 2.05) is 13.0 Å². The van der Waals surface area contributed by atoms with Crippen LogP contribution in [-0.4, -0.2) is 46.7 Å². The van der Waals surface area contributed by atoms with Gasteiger partial charge in [0.25, 0.3) is 11.5 Å². The molecule has 0 N–H and O–H groups in total. The summed E-state index contributed by atoms with van der Waals surface area (Å²) < 4.78 is 24.4. The van der Waals surface area contributed by atoms with Gasteiger partial charge in [-0.3, -0.25) is 14.0 Å². The third-order valence-corrected chi connectivity index (χ3v) is 6.33. The van der Waals surface area contributed by atoms with Gasteiger partial charge in [-0.05, 0) is 61.9 Å². The van der Waals surface area contributed by atoms with E-state index >= 15 is 0 Å². The molecule has 5 aromatic rings. The molecule has 5 rings (SSSR count). The second kappa shape index (κ2) is 10.9. The highest BCUT2D eigenvalue weighted by Gasteiger charge is 2.22. The molecule has 0 unspecified atom stereocenters. The number of aromatic nitrogens is 3. The van der Waals surface area contributed by atoms with Crippen molar-refractivity contribution in [1.82, 2.24) is 14.0 Å². The quantitative estimate of drug-likeness (QED) is 0.226. The molecule has 40 heavy (non-hydrogen) atoms. The number of carbonyl (C=O) groups is 2. The van der Waals surface area contributed by atoms with Crippen molar-refractivity contribution in [3.05, 3.63) is 99.3 Å². The molecule has 4 aromatic heterocycles. The van der Waals surface area contributed by atoms with Crippen LogP contribution >= 0.6 is 0 Å². The van der Waals surface area contributed by atoms with Crippen LogP contribution in [0.3, 0.4) is 0 Å². The summed E-state index contributed by atoms with van der Waals surface area (Å²) in [6.07, 6.45) is 3.11. The second-order valence-corrected chi connectivity index (χ2v) is 8.79. The number of methoxy groups -OCH3 is 2. The normalized spacial score (nSPS) is 11.7. The maximum absolute atomic E-state index is 13.6. The largest absolute Gasteiger partial charge is 0.493 e. The third-order valence-electron chi connectivity index (χ3n) is 6.33. The average Bonchev–Trinajstić information content (AvgIpc) is 3.48. The zero-order chi connectivity index (χ0) is 28.4. The first-order valence-corrected chi connectivity index (χ1v) is 12.4. The molecule has 0 spiro atoms. The lowest BCUT2D eigenvalue weighted by Gasteiger charge is -2.15. The van der Waals surface area contributed by atoms with Crippen molar-refractivity contribution in [3.8, 4) is 11.5 Å². The summed E-state index contributed by atoms with van der Waals surface area (Å²) in [5.41, 5.74) is 1.12. The maximum Gasteiger partial charge on any atom is 0.341 e. The predicted octanol–water partition coefficient (Wildman–Crippen LogP) is 3.53. The van der Waals surface area contributed by atoms with E-state index in [2.05, 4.69) is 4.99 Å². The molecule has 0 atom stereocenters. The highest BCUT2D eigenvalue weighted by molar-refractivity contribution is 5.97. The number of pyridine rings is 2. The zero-order valence-electron chi connectivity index (χ0n) is 22.3. The number of carbonyl (C=O) groups excluding carboxylic acids is 2. The van der Waals surface area contributed by atoms with Crippen molar-refractivity contribution >= 4 is 28.6 Å². The highest BCUT2D eigenvalue weighted by Crippen LogP contribution is 2.27. The Kier molecular flexibility index (Phi) is 7.19. The summed E-state index contributed by atoms with van der Waals surface area (Å²) in [5, 5.41) is 0.148. The van der Waals surface area contributed by atoms with Gasteiger partial charge in [-0.2, -0.15) is 4.99 Å². The minimum absolute atomic E-state index is 0.0310. The van der Waals surface area contributed by atoms with Crippen molar-refractivity contribution < 1.29 is 28.2 Å². The molecule has 1 amide bonds. The van der Waals surface area contributed by atoms with Gasteiger partial charge in [0.1, 0.15) is 22.6 Å². The van der Waals surface area contributed by atoms with Gasteiger partial charge in [0.05, 0.1) is 39.0 Å². The molecule has 0 saturated heterocycles. The summed E-state index contributed by atoms with van der Waals surface area (Å²) in [4.78, 5) is 49.5. The summed E-state index contributed by atoms with van der Waals surface area (Å²) in [6, 6.07) is 13.0. The number of benzene rings is 1. The van der Waals surface area contributed by atoms with Crippen molar-refractivity contribution in [2.45, 2.75) is 20.4 Å². The Bertz CT molecular complexity index is 1890. The number of hydrogen-bond acceptors (Lipinski definition) is 8. The van der Waals surface area contributed by atoms with Gasteiger partial charge in [-0.25, -0.2) is 9.78 Å². The molecule has 1 aromatic carbocycles. The highest BCUT2D eigenvalue weighted by atomic mass is 16.5. The number of furan rings is 1. The van der Waals surface area contributed by atoms with Gasteiger partial charge in [0, 0.05) is 11.8 Å². The molecule has 0 aliphatic carbocycles. The standard InChI is InChI=1S/C29H26N4O7/c1-5-39-29(36)21-15-20-25(30-24-17(2)8-6-12-32(24)28(20)35)33(16-19-9-7-13-40-19)26(21)31-27(34)18-10-11-22(37-3)23(14-18)38-4/h6-15H,5,16H2,1-4H3. The molecular formula is C29H26N4O7. The number of nitrogens with zero attached hydrogens (tertiary/aromatic N) is 4. The number of aryl methyl sites for hydroxylation is 1. The number of fused-ring (bicyclic) bond motifs is 2. The van der Waals surface area contributed by atoms with E-state index in [-0.39, 0.29) is 46.4 Å². The SMILES string of the molecule is CCOC(=O)c1cc2c(=O)n3cccc(C)c3nc2n(Cc2ccco2)c1=NC(=O)c1ccc(OC)c(OC)c1. The van der Waals surface area contributed by atoms with Crippen LogP contribution in [0.5, 0.6) is 11.5 Å². The van der Waals surface area contributed by atoms with Gasteiger partial charge in [-0.15, -0.1) is 0 Å². The Morgan fingerprint density at radius 3 is 2.52 bits per heavy atom. The first kappa shape index (κ1) is 26.4. The van der Waals surface area contributed by atoms with Crippen molar-refractivity contribution in [3.63, 3.8) is 0 Å². The Labute approximate surface area is 227 Å². The zero-order valence-corrected chi connectivity index (χ0v) is 22.3. The molecule has 0 fully saturated rings. The van der Waals surface area contributed by atoms with E-state index in [9.17, 15) is 14.4 Å². The van der Waals surface area contributed by atoms with E-state index < -0.39 is 11.9 Å². The Morgan fingerprint density at radius 2 is 1.82 bits per heavy atom. The minimum Gasteiger partial charge on any atom is -0.493 e. The van der Waals surface area contributed by atoms with Crippen molar-refractivity contribution in [2.75, 3.05) is 20.8 Å². The topological polar surface area (TPSA) is 127 Å². The molecular weight excluding hydrogens is 516 g/mol. The Hall–Kier alpha value is -5.19. The van der Waals surface area contributed by atoms with Gasteiger partial charge in [0.15, 0.2) is 17.0 Å². The van der Waals surface area contributed by atoms with Crippen LogP contribution in [0.2, 0.25) is 0 Å². The van der Waals surface area contributed by atoms with Crippen LogP contribution in [0.15, 0.2) is 75.2 Å². The van der Waals surface area contributed by atoms with Gasteiger partial charge in [0.2, 0.25) is 0 Å². The summed E-state index contributed by atoms with van der Waals surface area (Å²) in [6.45, 7) is 3.60. The van der Waals surface area contributed by atoms with Gasteiger partial charge in [-0.1, -0.05) is 6.07 Å². The van der Waals surface area contributed by atoms with Crippen LogP contribution in [0, 0.1) is 6.92 Å². The molecule has 0 saturated carbocycles. The minimum atomic E-state index is -0.745. The van der Waals surface area contributed by atoms with Crippen LogP contribution < -0.4 is 20.5 Å². The van der Waals surface area contributed by atoms with Crippen molar-refractivity contribution in [1.29, 1.82) is 0 Å². The third kappa shape index (κ3) is 4.73. The van der Waals surface area contributed by atoms with E-state index in [1.165, 1.54) is 47.6 Å². The van der Waals surface area contributed by atoms with E-state index in [1.54, 1.807) is 37.4 Å². The number of rotatable bonds is 7. The lowest BCUT2D eigenvalue weighted by Crippen LogP contribution is -2.33. The molecule has 0 aliphatic heterocycles. The number of hydrogen-bond donors (Lipinski definition) is 0. The fourth-order valence-corrected chi connectivity index (χ4v) is 4.40. The molecule has 0 bridgehead atoms. The van der Waals surface area contributed by atoms with E-state index in [0.29, 0.717) is 22.9 Å². The Balaban J connectivity index is 1.88. The molecule has 11 nitrogen and oxygen atoms in total. The molecule has 0 radical (unpaired) electrons. The molecule has 0 aliphatic rings. The monoisotopic (exact) mass is 542 g/mol. The lowest BCUT2D eigenvalue weighted by atomic mass is 10.1. The fraction of sp³-hybridized carbons (Fsp3) is 0.207. The first-order valence-electron chi connectivity index (χ1n) is 12.4. The summed E-state index contributed by atoms with van der Waals surface area (Å²) in [7, 11) is 2.95. The van der Waals surface area contributed by atoms with Gasteiger partial charge >= 0.3 is 5.97 Å². The van der Waals surface area contributed by atoms with Crippen LogP contribution in [-0.2, 0) is 11.3 Å². The second-order valence-electron chi connectivity index (χ2n) is 8.79. The van der Waals surface area contributed by atoms with Gasteiger partial charge < -0.3 is 23.2 Å². The van der Waals surface area contributed by atoms with Crippen LogP contribution in [0.1, 0.15) is 39.0 Å². The lowest BCUT2D eigenvalue weighted by molar-refractivity contribution is 0.0523. The summed E-state index contributed by atoms with van der Waals surface area (Å²) in [5.74, 6) is -0.128. The molecule has 11 heteroatoms. The number of ether oxygens (including phenoxy) is 3. The smallest absolute Gasteiger partial charge is 0.341 e. The first-order chi connectivity index (χ1) is 19.4. The maximum atomic E-state index is 13.6.